The first-order chi connectivity index (χ1) is 14.4. The largest absolute Gasteiger partial charge is 0.508 e. The number of aromatic hydroxyl groups is 1. The lowest BCUT2D eigenvalue weighted by Crippen LogP contribution is -2.18. The first-order valence-electron chi connectivity index (χ1n) is 9.17. The van der Waals surface area contributed by atoms with Gasteiger partial charge in [0.2, 0.25) is 6.79 Å². The Morgan fingerprint density at radius 3 is 2.80 bits per heavy atom. The average molecular weight is 525 g/mol. The van der Waals surface area contributed by atoms with Gasteiger partial charge < -0.3 is 24.4 Å². The van der Waals surface area contributed by atoms with Crippen LogP contribution < -0.4 is 14.8 Å². The van der Waals surface area contributed by atoms with Crippen molar-refractivity contribution in [3.8, 4) is 17.2 Å². The van der Waals surface area contributed by atoms with Crippen molar-refractivity contribution in [2.24, 2.45) is 0 Å². The number of anilines is 1. The molecule has 0 saturated carbocycles. The van der Waals surface area contributed by atoms with E-state index in [1.165, 1.54) is 0 Å². The van der Waals surface area contributed by atoms with Gasteiger partial charge in [0.1, 0.15) is 11.9 Å². The Balaban J connectivity index is 1.68. The van der Waals surface area contributed by atoms with Gasteiger partial charge >= 0.3 is 12.1 Å². The third-order valence-corrected chi connectivity index (χ3v) is 4.97. The second kappa shape index (κ2) is 10.2. The highest BCUT2D eigenvalue weighted by molar-refractivity contribution is 14.1. The molecular formula is C21H20INO7. The minimum Gasteiger partial charge on any atom is -0.508 e. The Hall–Kier alpha value is -2.95. The number of hydrogen-bond donors (Lipinski definition) is 3. The molecule has 3 rings (SSSR count). The number of phenolic OH excluding ortho intramolecular Hbond substituents is 1. The molecule has 1 aliphatic rings. The SMILES string of the molecule is O=C(O)/C=C/CCC[C@@H](OC(=O)Nc1ccc2c(c1)OCO2)c1cc(I)ccc1O. The van der Waals surface area contributed by atoms with E-state index in [1.807, 2.05) is 0 Å². The summed E-state index contributed by atoms with van der Waals surface area (Å²) >= 11 is 2.11. The lowest BCUT2D eigenvalue weighted by molar-refractivity contribution is -0.131. The number of amides is 1. The van der Waals surface area contributed by atoms with Crippen LogP contribution in [-0.4, -0.2) is 29.1 Å². The van der Waals surface area contributed by atoms with Crippen molar-refractivity contribution in [1.82, 2.24) is 0 Å². The summed E-state index contributed by atoms with van der Waals surface area (Å²) in [4.78, 5) is 23.1. The molecule has 1 aliphatic heterocycles. The van der Waals surface area contributed by atoms with Crippen molar-refractivity contribution in [2.75, 3.05) is 12.1 Å². The van der Waals surface area contributed by atoms with Crippen molar-refractivity contribution in [1.29, 1.82) is 0 Å². The molecule has 1 atom stereocenters. The molecular weight excluding hydrogens is 505 g/mol. The quantitative estimate of drug-likeness (QED) is 0.257. The summed E-state index contributed by atoms with van der Waals surface area (Å²) in [6.07, 6.45) is 2.71. The third kappa shape index (κ3) is 6.02. The van der Waals surface area contributed by atoms with Crippen molar-refractivity contribution >= 4 is 40.3 Å². The summed E-state index contributed by atoms with van der Waals surface area (Å²) in [6, 6.07) is 10.0. The Morgan fingerprint density at radius 1 is 1.20 bits per heavy atom. The molecule has 0 unspecified atom stereocenters. The molecule has 158 valence electrons. The van der Waals surface area contributed by atoms with Gasteiger partial charge in [0.15, 0.2) is 11.5 Å². The minimum absolute atomic E-state index is 0.0253. The Labute approximate surface area is 186 Å². The number of carbonyl (C=O) groups is 2. The Bertz CT molecular complexity index is 960. The molecule has 0 aromatic heterocycles. The fourth-order valence-corrected chi connectivity index (χ4v) is 3.43. The lowest BCUT2D eigenvalue weighted by Gasteiger charge is -2.20. The van der Waals surface area contributed by atoms with Crippen LogP contribution in [0.25, 0.3) is 0 Å². The van der Waals surface area contributed by atoms with E-state index in [2.05, 4.69) is 27.9 Å². The van der Waals surface area contributed by atoms with Gasteiger partial charge in [0.05, 0.1) is 0 Å². The van der Waals surface area contributed by atoms with Crippen molar-refractivity contribution in [2.45, 2.75) is 25.4 Å². The maximum Gasteiger partial charge on any atom is 0.412 e. The van der Waals surface area contributed by atoms with Crippen LogP contribution in [0, 0.1) is 3.57 Å². The molecule has 0 saturated heterocycles. The van der Waals surface area contributed by atoms with Gasteiger partial charge in [-0.2, -0.15) is 0 Å². The normalized spacial score (nSPS) is 13.2. The zero-order valence-electron chi connectivity index (χ0n) is 15.8. The Morgan fingerprint density at radius 2 is 2.00 bits per heavy atom. The molecule has 0 fully saturated rings. The number of carbonyl (C=O) groups excluding carboxylic acids is 1. The van der Waals surface area contributed by atoms with E-state index >= 15 is 0 Å². The number of carboxylic acid groups (broad SMARTS) is 1. The predicted molar refractivity (Wildman–Crippen MR) is 117 cm³/mol. The van der Waals surface area contributed by atoms with Crippen LogP contribution in [0.1, 0.15) is 30.9 Å². The number of allylic oxidation sites excluding steroid dienone is 1. The monoisotopic (exact) mass is 525 g/mol. The van der Waals surface area contributed by atoms with Crippen LogP contribution in [0.5, 0.6) is 17.2 Å². The molecule has 3 N–H and O–H groups in total. The van der Waals surface area contributed by atoms with Gasteiger partial charge in [-0.15, -0.1) is 0 Å². The van der Waals surface area contributed by atoms with E-state index in [4.69, 9.17) is 19.3 Å². The number of phenols is 1. The smallest absolute Gasteiger partial charge is 0.412 e. The predicted octanol–water partition coefficient (Wildman–Crippen LogP) is 4.83. The van der Waals surface area contributed by atoms with E-state index in [0.717, 1.165) is 9.65 Å². The highest BCUT2D eigenvalue weighted by Crippen LogP contribution is 2.35. The first-order valence-corrected chi connectivity index (χ1v) is 10.3. The zero-order valence-corrected chi connectivity index (χ0v) is 18.0. The van der Waals surface area contributed by atoms with Crippen LogP contribution in [0.15, 0.2) is 48.6 Å². The van der Waals surface area contributed by atoms with Gasteiger partial charge in [-0.1, -0.05) is 6.08 Å². The number of hydrogen-bond acceptors (Lipinski definition) is 6. The maximum atomic E-state index is 12.5. The number of halogens is 1. The average Bonchev–Trinajstić information content (AvgIpc) is 3.16. The fraction of sp³-hybridized carbons (Fsp3) is 0.238. The van der Waals surface area contributed by atoms with E-state index in [9.17, 15) is 14.7 Å². The van der Waals surface area contributed by atoms with Crippen molar-refractivity contribution in [3.05, 3.63) is 57.7 Å². The highest BCUT2D eigenvalue weighted by atomic mass is 127. The molecule has 0 aliphatic carbocycles. The van der Waals surface area contributed by atoms with Gasteiger partial charge in [-0.3, -0.25) is 5.32 Å². The Kier molecular flexibility index (Phi) is 7.39. The summed E-state index contributed by atoms with van der Waals surface area (Å²) in [7, 11) is 0. The summed E-state index contributed by atoms with van der Waals surface area (Å²) in [6.45, 7) is 0.132. The van der Waals surface area contributed by atoms with Gasteiger partial charge in [-0.05, 0) is 72.2 Å². The van der Waals surface area contributed by atoms with E-state index < -0.39 is 18.2 Å². The van der Waals surface area contributed by atoms with Crippen LogP contribution in [-0.2, 0) is 9.53 Å². The molecule has 2 aromatic carbocycles. The third-order valence-electron chi connectivity index (χ3n) is 4.30. The zero-order chi connectivity index (χ0) is 21.5. The number of ether oxygens (including phenoxy) is 3. The standard InChI is InChI=1S/C21H20INO7/c22-13-6-8-16(24)15(10-13)17(4-2-1-3-5-20(25)26)30-21(27)23-14-7-9-18-19(11-14)29-12-28-18/h3,5-11,17,24H,1-2,4,12H2,(H,23,27)(H,25,26)/b5-3+/t17-/m1/s1. The second-order valence-electron chi connectivity index (χ2n) is 6.46. The molecule has 1 amide bonds. The number of carboxylic acids is 1. The van der Waals surface area contributed by atoms with Gasteiger partial charge in [0.25, 0.3) is 0 Å². The van der Waals surface area contributed by atoms with Crippen molar-refractivity contribution < 1.29 is 34.0 Å². The number of aliphatic carboxylic acids is 1. The molecule has 0 bridgehead atoms. The second-order valence-corrected chi connectivity index (χ2v) is 7.71. The number of fused-ring (bicyclic) bond motifs is 1. The van der Waals surface area contributed by atoms with E-state index in [0.29, 0.717) is 42.0 Å². The molecule has 0 radical (unpaired) electrons. The van der Waals surface area contributed by atoms with Gasteiger partial charge in [0, 0.05) is 27.0 Å². The topological polar surface area (TPSA) is 114 Å². The summed E-state index contributed by atoms with van der Waals surface area (Å²) < 4.78 is 17.0. The molecule has 2 aromatic rings. The van der Waals surface area contributed by atoms with E-state index in [1.54, 1.807) is 42.5 Å². The minimum atomic E-state index is -1.01. The maximum absolute atomic E-state index is 12.5. The highest BCUT2D eigenvalue weighted by Gasteiger charge is 2.21. The lowest BCUT2D eigenvalue weighted by atomic mass is 10.0. The van der Waals surface area contributed by atoms with Crippen molar-refractivity contribution in [3.63, 3.8) is 0 Å². The summed E-state index contributed by atoms with van der Waals surface area (Å²) in [5, 5.41) is 21.6. The number of unbranched alkanes of at least 4 members (excludes halogenated alkanes) is 1. The van der Waals surface area contributed by atoms with Crippen LogP contribution in [0.4, 0.5) is 10.5 Å². The summed E-state index contributed by atoms with van der Waals surface area (Å²) in [5.41, 5.74) is 0.976. The van der Waals surface area contributed by atoms with Gasteiger partial charge in [-0.25, -0.2) is 9.59 Å². The molecule has 9 heteroatoms. The molecule has 8 nitrogen and oxygen atoms in total. The first kappa shape index (κ1) is 21.8. The molecule has 0 spiro atoms. The molecule has 30 heavy (non-hydrogen) atoms. The fourth-order valence-electron chi connectivity index (χ4n) is 2.92. The summed E-state index contributed by atoms with van der Waals surface area (Å²) in [5.74, 6) is 0.147. The van der Waals surface area contributed by atoms with Crippen LogP contribution in [0.2, 0.25) is 0 Å². The number of rotatable bonds is 8. The molecule has 1 heterocycles. The number of benzene rings is 2. The van der Waals surface area contributed by atoms with E-state index in [-0.39, 0.29) is 12.5 Å². The number of nitrogens with one attached hydrogen (secondary N) is 1. The van der Waals surface area contributed by atoms with Crippen LogP contribution in [0.3, 0.4) is 0 Å². The van der Waals surface area contributed by atoms with Crippen LogP contribution >= 0.6 is 22.6 Å².